The average molecular weight is 327 g/mol. The highest BCUT2D eigenvalue weighted by atomic mass is 19.4. The lowest BCUT2D eigenvalue weighted by atomic mass is 10.1. The second kappa shape index (κ2) is 6.20. The van der Waals surface area contributed by atoms with E-state index < -0.39 is 11.7 Å². The smallest absolute Gasteiger partial charge is 0.380 e. The van der Waals surface area contributed by atoms with E-state index in [1.165, 1.54) is 12.3 Å². The Balaban J connectivity index is 1.85. The first-order valence-corrected chi connectivity index (χ1v) is 7.16. The van der Waals surface area contributed by atoms with Crippen LogP contribution < -0.4 is 5.32 Å². The molecule has 120 valence electrons. The lowest BCUT2D eigenvalue weighted by Gasteiger charge is -2.12. The van der Waals surface area contributed by atoms with E-state index in [1.54, 1.807) is 18.2 Å². The molecule has 0 fully saturated rings. The summed E-state index contributed by atoms with van der Waals surface area (Å²) < 4.78 is 38.3. The van der Waals surface area contributed by atoms with Gasteiger partial charge in [0, 0.05) is 23.8 Å². The Hall–Kier alpha value is -3.07. The predicted octanol–water partition coefficient (Wildman–Crippen LogP) is 4.74. The van der Waals surface area contributed by atoms with Crippen LogP contribution in [0.2, 0.25) is 0 Å². The fourth-order valence-corrected chi connectivity index (χ4v) is 2.37. The molecular weight excluding hydrogens is 315 g/mol. The minimum atomic E-state index is -4.39. The summed E-state index contributed by atoms with van der Waals surface area (Å²) in [7, 11) is 0. The van der Waals surface area contributed by atoms with Gasteiger partial charge in [-0.2, -0.15) is 18.4 Å². The summed E-state index contributed by atoms with van der Waals surface area (Å²) in [6.07, 6.45) is -2.91. The Labute approximate surface area is 136 Å². The van der Waals surface area contributed by atoms with Crippen LogP contribution in [-0.2, 0) is 12.7 Å². The monoisotopic (exact) mass is 327 g/mol. The van der Waals surface area contributed by atoms with Crippen LogP contribution in [0, 0.1) is 11.3 Å². The van der Waals surface area contributed by atoms with Crippen molar-refractivity contribution in [1.29, 1.82) is 5.26 Å². The maximum Gasteiger partial charge on any atom is 0.416 e. The highest BCUT2D eigenvalue weighted by molar-refractivity contribution is 5.91. The van der Waals surface area contributed by atoms with Crippen molar-refractivity contribution in [2.24, 2.45) is 0 Å². The standard InChI is InChI=1S/C18H12F3N3/c19-18(20,21)14-5-6-15-16(7-8-23-17(15)9-14)24-11-13-3-1-12(10-22)2-4-13/h1-9H,11H2,(H,23,24). The van der Waals surface area contributed by atoms with E-state index in [4.69, 9.17) is 5.26 Å². The lowest BCUT2D eigenvalue weighted by Crippen LogP contribution is -2.05. The second-order valence-corrected chi connectivity index (χ2v) is 5.25. The quantitative estimate of drug-likeness (QED) is 0.756. The van der Waals surface area contributed by atoms with E-state index in [9.17, 15) is 13.2 Å². The highest BCUT2D eigenvalue weighted by Gasteiger charge is 2.30. The van der Waals surface area contributed by atoms with Crippen molar-refractivity contribution in [3.05, 3.63) is 71.4 Å². The predicted molar refractivity (Wildman–Crippen MR) is 85.2 cm³/mol. The van der Waals surface area contributed by atoms with E-state index in [0.717, 1.165) is 17.7 Å². The van der Waals surface area contributed by atoms with Crippen molar-refractivity contribution in [3.8, 4) is 6.07 Å². The van der Waals surface area contributed by atoms with Gasteiger partial charge in [0.1, 0.15) is 0 Å². The number of fused-ring (bicyclic) bond motifs is 1. The number of hydrogen-bond acceptors (Lipinski definition) is 3. The number of benzene rings is 2. The van der Waals surface area contributed by atoms with Crippen LogP contribution in [0.25, 0.3) is 10.9 Å². The molecule has 0 unspecified atom stereocenters. The van der Waals surface area contributed by atoms with Crippen LogP contribution in [-0.4, -0.2) is 4.98 Å². The zero-order valence-electron chi connectivity index (χ0n) is 12.4. The van der Waals surface area contributed by atoms with Gasteiger partial charge >= 0.3 is 6.18 Å². The summed E-state index contributed by atoms with van der Waals surface area (Å²) in [5, 5.41) is 12.6. The molecule has 0 atom stereocenters. The lowest BCUT2D eigenvalue weighted by molar-refractivity contribution is -0.137. The summed E-state index contributed by atoms with van der Waals surface area (Å²) in [6.45, 7) is 0.492. The van der Waals surface area contributed by atoms with Crippen LogP contribution in [0.3, 0.4) is 0 Å². The number of pyridine rings is 1. The first kappa shape index (κ1) is 15.8. The molecule has 24 heavy (non-hydrogen) atoms. The molecule has 0 aliphatic carbocycles. The molecule has 3 aromatic rings. The van der Waals surface area contributed by atoms with Crippen LogP contribution in [0.5, 0.6) is 0 Å². The van der Waals surface area contributed by atoms with Crippen molar-refractivity contribution < 1.29 is 13.2 Å². The maximum absolute atomic E-state index is 12.8. The van der Waals surface area contributed by atoms with Crippen LogP contribution >= 0.6 is 0 Å². The fraction of sp³-hybridized carbons (Fsp3) is 0.111. The number of aromatic nitrogens is 1. The van der Waals surface area contributed by atoms with Crippen molar-refractivity contribution >= 4 is 16.6 Å². The second-order valence-electron chi connectivity index (χ2n) is 5.25. The molecule has 6 heteroatoms. The van der Waals surface area contributed by atoms with Gasteiger partial charge in [0.15, 0.2) is 0 Å². The number of nitrogens with one attached hydrogen (secondary N) is 1. The molecule has 1 heterocycles. The van der Waals surface area contributed by atoms with Gasteiger partial charge in [-0.15, -0.1) is 0 Å². The SMILES string of the molecule is N#Cc1ccc(CNc2ccnc3cc(C(F)(F)F)ccc23)cc1. The molecule has 1 aromatic heterocycles. The normalized spacial score (nSPS) is 11.2. The van der Waals surface area contributed by atoms with Gasteiger partial charge in [0.05, 0.1) is 22.7 Å². The first-order valence-electron chi connectivity index (χ1n) is 7.16. The molecule has 0 spiro atoms. The number of hydrogen-bond donors (Lipinski definition) is 1. The Morgan fingerprint density at radius 2 is 1.79 bits per heavy atom. The highest BCUT2D eigenvalue weighted by Crippen LogP contribution is 2.32. The molecule has 3 rings (SSSR count). The Bertz CT molecular complexity index is 909. The van der Waals surface area contributed by atoms with Gasteiger partial charge < -0.3 is 5.32 Å². The third-order valence-corrected chi connectivity index (χ3v) is 3.64. The van der Waals surface area contributed by atoms with Crippen LogP contribution in [0.1, 0.15) is 16.7 Å². The molecule has 0 saturated carbocycles. The fourth-order valence-electron chi connectivity index (χ4n) is 2.37. The van der Waals surface area contributed by atoms with E-state index in [1.807, 2.05) is 18.2 Å². The van der Waals surface area contributed by atoms with Gasteiger partial charge in [-0.3, -0.25) is 4.98 Å². The minimum Gasteiger partial charge on any atom is -0.380 e. The largest absolute Gasteiger partial charge is 0.416 e. The molecule has 1 N–H and O–H groups in total. The molecular formula is C18H12F3N3. The number of nitrogens with zero attached hydrogens (tertiary/aromatic N) is 2. The van der Waals surface area contributed by atoms with E-state index in [-0.39, 0.29) is 5.52 Å². The van der Waals surface area contributed by atoms with Gasteiger partial charge in [0.2, 0.25) is 0 Å². The Kier molecular flexibility index (Phi) is 4.09. The Morgan fingerprint density at radius 1 is 1.04 bits per heavy atom. The molecule has 3 nitrogen and oxygen atoms in total. The number of nitriles is 1. The van der Waals surface area contributed by atoms with Gasteiger partial charge in [-0.25, -0.2) is 0 Å². The summed E-state index contributed by atoms with van der Waals surface area (Å²) in [4.78, 5) is 4.02. The summed E-state index contributed by atoms with van der Waals surface area (Å²) >= 11 is 0. The van der Waals surface area contributed by atoms with Gasteiger partial charge in [0.25, 0.3) is 0 Å². The summed E-state index contributed by atoms with van der Waals surface area (Å²) in [5.41, 5.74) is 1.82. The van der Waals surface area contributed by atoms with E-state index >= 15 is 0 Å². The zero-order valence-corrected chi connectivity index (χ0v) is 12.4. The maximum atomic E-state index is 12.8. The Morgan fingerprint density at radius 3 is 2.46 bits per heavy atom. The molecule has 0 radical (unpaired) electrons. The number of halogens is 3. The molecule has 0 aliphatic heterocycles. The molecule has 0 saturated heterocycles. The topological polar surface area (TPSA) is 48.7 Å². The number of anilines is 1. The zero-order chi connectivity index (χ0) is 17.2. The number of alkyl halides is 3. The number of rotatable bonds is 3. The molecule has 2 aromatic carbocycles. The molecule has 0 amide bonds. The third kappa shape index (κ3) is 3.30. The summed E-state index contributed by atoms with van der Waals surface area (Å²) in [6, 6.07) is 14.4. The molecule has 0 bridgehead atoms. The third-order valence-electron chi connectivity index (χ3n) is 3.64. The molecule has 0 aliphatic rings. The van der Waals surface area contributed by atoms with Crippen molar-refractivity contribution in [1.82, 2.24) is 4.98 Å². The van der Waals surface area contributed by atoms with Crippen LogP contribution in [0.4, 0.5) is 18.9 Å². The first-order chi connectivity index (χ1) is 11.5. The van der Waals surface area contributed by atoms with Gasteiger partial charge in [-0.05, 0) is 35.9 Å². The van der Waals surface area contributed by atoms with Crippen molar-refractivity contribution in [2.75, 3.05) is 5.32 Å². The van der Waals surface area contributed by atoms with Crippen molar-refractivity contribution in [2.45, 2.75) is 12.7 Å². The summed E-state index contributed by atoms with van der Waals surface area (Å²) in [5.74, 6) is 0. The van der Waals surface area contributed by atoms with Gasteiger partial charge in [-0.1, -0.05) is 18.2 Å². The van der Waals surface area contributed by atoms with Crippen molar-refractivity contribution in [3.63, 3.8) is 0 Å². The van der Waals surface area contributed by atoms with E-state index in [0.29, 0.717) is 23.2 Å². The van der Waals surface area contributed by atoms with E-state index in [2.05, 4.69) is 10.3 Å². The minimum absolute atomic E-state index is 0.287. The van der Waals surface area contributed by atoms with Crippen LogP contribution in [0.15, 0.2) is 54.7 Å². The average Bonchev–Trinajstić information content (AvgIpc) is 2.59.